The Hall–Kier alpha value is -1.63. The van der Waals surface area contributed by atoms with Crippen LogP contribution in [0.25, 0.3) is 0 Å². The van der Waals surface area contributed by atoms with Crippen LogP contribution in [0.3, 0.4) is 0 Å². The SMILES string of the molecule is CC(C)[C@H](N)C(=O)NCC(=O)NCCC(=O)NC1CC1. The van der Waals surface area contributed by atoms with Crippen LogP contribution in [0.1, 0.15) is 33.1 Å². The van der Waals surface area contributed by atoms with Crippen molar-refractivity contribution in [2.75, 3.05) is 13.1 Å². The maximum atomic E-state index is 11.5. The summed E-state index contributed by atoms with van der Waals surface area (Å²) in [5.41, 5.74) is 5.64. The van der Waals surface area contributed by atoms with Crippen LogP contribution in [0.5, 0.6) is 0 Å². The molecule has 1 aliphatic carbocycles. The number of hydrogen-bond donors (Lipinski definition) is 4. The molecule has 0 saturated heterocycles. The highest BCUT2D eigenvalue weighted by molar-refractivity contribution is 5.87. The van der Waals surface area contributed by atoms with Crippen molar-refractivity contribution in [1.29, 1.82) is 0 Å². The van der Waals surface area contributed by atoms with Crippen molar-refractivity contribution in [1.82, 2.24) is 16.0 Å². The lowest BCUT2D eigenvalue weighted by atomic mass is 10.1. The minimum atomic E-state index is -0.618. The van der Waals surface area contributed by atoms with Crippen molar-refractivity contribution >= 4 is 17.7 Å². The van der Waals surface area contributed by atoms with Gasteiger partial charge >= 0.3 is 0 Å². The van der Waals surface area contributed by atoms with Crippen molar-refractivity contribution in [3.63, 3.8) is 0 Å². The molecule has 0 aromatic carbocycles. The summed E-state index contributed by atoms with van der Waals surface area (Å²) >= 11 is 0. The molecule has 3 amide bonds. The summed E-state index contributed by atoms with van der Waals surface area (Å²) in [7, 11) is 0. The van der Waals surface area contributed by atoms with Gasteiger partial charge in [-0.1, -0.05) is 13.8 Å². The van der Waals surface area contributed by atoms with Gasteiger partial charge in [0.15, 0.2) is 0 Å². The Morgan fingerprint density at radius 1 is 1.15 bits per heavy atom. The average Bonchev–Trinajstić information content (AvgIpc) is 3.18. The van der Waals surface area contributed by atoms with Gasteiger partial charge in [0.2, 0.25) is 17.7 Å². The topological polar surface area (TPSA) is 113 Å². The molecule has 0 radical (unpaired) electrons. The van der Waals surface area contributed by atoms with E-state index in [1.807, 2.05) is 13.8 Å². The van der Waals surface area contributed by atoms with Gasteiger partial charge in [-0.2, -0.15) is 0 Å². The molecule has 0 aromatic rings. The first-order valence-corrected chi connectivity index (χ1v) is 6.99. The summed E-state index contributed by atoms with van der Waals surface area (Å²) in [6, 6.07) is -0.290. The second-order valence-corrected chi connectivity index (χ2v) is 5.43. The molecule has 20 heavy (non-hydrogen) atoms. The molecule has 0 aliphatic heterocycles. The summed E-state index contributed by atoms with van der Waals surface area (Å²) in [5, 5.41) is 7.87. The molecule has 0 aromatic heterocycles. The summed E-state index contributed by atoms with van der Waals surface area (Å²) in [6.45, 7) is 3.82. The van der Waals surface area contributed by atoms with Gasteiger partial charge in [-0.15, -0.1) is 0 Å². The maximum Gasteiger partial charge on any atom is 0.239 e. The van der Waals surface area contributed by atoms with Gasteiger partial charge < -0.3 is 21.7 Å². The van der Waals surface area contributed by atoms with Crippen molar-refractivity contribution in [3.8, 4) is 0 Å². The monoisotopic (exact) mass is 284 g/mol. The fraction of sp³-hybridized carbons (Fsp3) is 0.769. The van der Waals surface area contributed by atoms with Crippen molar-refractivity contribution < 1.29 is 14.4 Å². The van der Waals surface area contributed by atoms with Crippen LogP contribution in [-0.4, -0.2) is 42.9 Å². The zero-order chi connectivity index (χ0) is 15.1. The van der Waals surface area contributed by atoms with Crippen LogP contribution in [0, 0.1) is 5.92 Å². The Kier molecular flexibility index (Phi) is 6.44. The highest BCUT2D eigenvalue weighted by atomic mass is 16.2. The van der Waals surface area contributed by atoms with Gasteiger partial charge in [0.1, 0.15) is 0 Å². The molecule has 0 spiro atoms. The number of nitrogens with two attached hydrogens (primary N) is 1. The fourth-order valence-electron chi connectivity index (χ4n) is 1.49. The summed E-state index contributed by atoms with van der Waals surface area (Å²) in [5.74, 6) is -0.710. The minimum absolute atomic E-state index is 0.0178. The Morgan fingerprint density at radius 3 is 2.35 bits per heavy atom. The smallest absolute Gasteiger partial charge is 0.239 e. The zero-order valence-corrected chi connectivity index (χ0v) is 12.1. The zero-order valence-electron chi connectivity index (χ0n) is 12.1. The number of nitrogens with one attached hydrogen (secondary N) is 3. The second kappa shape index (κ2) is 7.84. The molecule has 1 saturated carbocycles. The third-order valence-corrected chi connectivity index (χ3v) is 3.06. The Balaban J connectivity index is 2.07. The quantitative estimate of drug-likeness (QED) is 0.451. The van der Waals surface area contributed by atoms with Gasteiger partial charge in [0.05, 0.1) is 12.6 Å². The molecule has 0 unspecified atom stereocenters. The number of carbonyl (C=O) groups excluding carboxylic acids is 3. The Morgan fingerprint density at radius 2 is 1.80 bits per heavy atom. The third kappa shape index (κ3) is 6.51. The van der Waals surface area contributed by atoms with Crippen LogP contribution in [0.15, 0.2) is 0 Å². The van der Waals surface area contributed by atoms with Crippen LogP contribution < -0.4 is 21.7 Å². The van der Waals surface area contributed by atoms with E-state index in [-0.39, 0.29) is 43.1 Å². The van der Waals surface area contributed by atoms with Gasteiger partial charge in [-0.3, -0.25) is 14.4 Å². The summed E-state index contributed by atoms with van der Waals surface area (Å²) < 4.78 is 0. The molecule has 5 N–H and O–H groups in total. The summed E-state index contributed by atoms with van der Waals surface area (Å²) in [6.07, 6.45) is 2.34. The second-order valence-electron chi connectivity index (χ2n) is 5.43. The predicted octanol–water partition coefficient (Wildman–Crippen LogP) is -1.13. The van der Waals surface area contributed by atoms with Crippen LogP contribution in [-0.2, 0) is 14.4 Å². The average molecular weight is 284 g/mol. The van der Waals surface area contributed by atoms with Crippen LogP contribution in [0.2, 0.25) is 0 Å². The third-order valence-electron chi connectivity index (χ3n) is 3.06. The number of carbonyl (C=O) groups is 3. The molecule has 1 aliphatic rings. The predicted molar refractivity (Wildman–Crippen MR) is 74.6 cm³/mol. The van der Waals surface area contributed by atoms with E-state index in [2.05, 4.69) is 16.0 Å². The lowest BCUT2D eigenvalue weighted by molar-refractivity contribution is -0.127. The summed E-state index contributed by atoms with van der Waals surface area (Å²) in [4.78, 5) is 34.3. The Labute approximate surface area is 119 Å². The molecule has 0 heterocycles. The van der Waals surface area contributed by atoms with Gasteiger partial charge in [-0.25, -0.2) is 0 Å². The molecule has 114 valence electrons. The molecule has 1 rings (SSSR count). The molecular weight excluding hydrogens is 260 g/mol. The van der Waals surface area contributed by atoms with E-state index in [1.165, 1.54) is 0 Å². The van der Waals surface area contributed by atoms with Gasteiger partial charge in [0, 0.05) is 19.0 Å². The van der Waals surface area contributed by atoms with E-state index in [4.69, 9.17) is 5.73 Å². The van der Waals surface area contributed by atoms with Crippen LogP contribution in [0.4, 0.5) is 0 Å². The molecule has 0 bridgehead atoms. The maximum absolute atomic E-state index is 11.5. The molecule has 7 nitrogen and oxygen atoms in total. The van der Waals surface area contributed by atoms with Crippen molar-refractivity contribution in [2.24, 2.45) is 11.7 Å². The lowest BCUT2D eigenvalue weighted by Crippen LogP contribution is -2.47. The van der Waals surface area contributed by atoms with Crippen LogP contribution >= 0.6 is 0 Å². The standard InChI is InChI=1S/C13H24N4O3/c1-8(2)12(14)13(20)16-7-11(19)15-6-5-10(18)17-9-3-4-9/h8-9,12H,3-7,14H2,1-2H3,(H,15,19)(H,16,20)(H,17,18)/t12-/m0/s1. The highest BCUT2D eigenvalue weighted by Crippen LogP contribution is 2.18. The van der Waals surface area contributed by atoms with E-state index >= 15 is 0 Å². The van der Waals surface area contributed by atoms with Crippen molar-refractivity contribution in [2.45, 2.75) is 45.2 Å². The number of rotatable bonds is 8. The molecule has 7 heteroatoms. The van der Waals surface area contributed by atoms with E-state index in [0.717, 1.165) is 12.8 Å². The number of hydrogen-bond acceptors (Lipinski definition) is 4. The van der Waals surface area contributed by atoms with E-state index < -0.39 is 6.04 Å². The molecule has 1 fully saturated rings. The van der Waals surface area contributed by atoms with Crippen molar-refractivity contribution in [3.05, 3.63) is 0 Å². The normalized spacial score (nSPS) is 15.6. The molecular formula is C13H24N4O3. The largest absolute Gasteiger partial charge is 0.354 e. The lowest BCUT2D eigenvalue weighted by Gasteiger charge is -2.15. The minimum Gasteiger partial charge on any atom is -0.354 e. The van der Waals surface area contributed by atoms with E-state index in [0.29, 0.717) is 6.04 Å². The first-order valence-electron chi connectivity index (χ1n) is 6.99. The molecule has 1 atom stereocenters. The van der Waals surface area contributed by atoms with E-state index in [9.17, 15) is 14.4 Å². The van der Waals surface area contributed by atoms with E-state index in [1.54, 1.807) is 0 Å². The first kappa shape index (κ1) is 16.4. The Bertz CT molecular complexity index is 367. The highest BCUT2D eigenvalue weighted by Gasteiger charge is 2.23. The van der Waals surface area contributed by atoms with Gasteiger partial charge in [0.25, 0.3) is 0 Å². The van der Waals surface area contributed by atoms with Gasteiger partial charge in [-0.05, 0) is 18.8 Å². The fourth-order valence-corrected chi connectivity index (χ4v) is 1.49. The first-order chi connectivity index (χ1) is 9.40. The number of amides is 3.